The van der Waals surface area contributed by atoms with Gasteiger partial charge in [0.1, 0.15) is 0 Å². The number of likely N-dealkylation sites (tertiary alicyclic amines) is 1. The van der Waals surface area contributed by atoms with Crippen molar-refractivity contribution in [1.82, 2.24) is 15.1 Å². The van der Waals surface area contributed by atoms with E-state index in [2.05, 4.69) is 35.8 Å². The van der Waals surface area contributed by atoms with Crippen LogP contribution in [0, 0.1) is 0 Å². The molecule has 1 unspecified atom stereocenters. The fourth-order valence-corrected chi connectivity index (χ4v) is 2.32. The van der Waals surface area contributed by atoms with Gasteiger partial charge < -0.3 is 15.1 Å². The van der Waals surface area contributed by atoms with E-state index in [0.717, 1.165) is 19.1 Å². The van der Waals surface area contributed by atoms with Crippen LogP contribution < -0.4 is 5.32 Å². The summed E-state index contributed by atoms with van der Waals surface area (Å²) in [4.78, 5) is 4.85. The van der Waals surface area contributed by atoms with Gasteiger partial charge in [-0.05, 0) is 46.1 Å². The first kappa shape index (κ1) is 12.7. The zero-order valence-corrected chi connectivity index (χ0v) is 10.4. The first-order chi connectivity index (χ1) is 7.13. The van der Waals surface area contributed by atoms with Crippen molar-refractivity contribution in [3.8, 4) is 0 Å². The minimum atomic E-state index is 0.748. The third-order valence-electron chi connectivity index (χ3n) is 3.11. The lowest BCUT2D eigenvalue weighted by molar-refractivity contribution is 0.229. The molecular formula is C12H25N3. The predicted molar refractivity (Wildman–Crippen MR) is 66.2 cm³/mol. The molecule has 3 nitrogen and oxygen atoms in total. The highest BCUT2D eigenvalue weighted by molar-refractivity contribution is 4.99. The Bertz CT molecular complexity index is 203. The van der Waals surface area contributed by atoms with E-state index in [1.54, 1.807) is 0 Å². The van der Waals surface area contributed by atoms with E-state index in [4.69, 9.17) is 0 Å². The van der Waals surface area contributed by atoms with Crippen molar-refractivity contribution >= 4 is 0 Å². The molecule has 15 heavy (non-hydrogen) atoms. The van der Waals surface area contributed by atoms with E-state index in [1.165, 1.54) is 31.5 Å². The van der Waals surface area contributed by atoms with Gasteiger partial charge in [-0.3, -0.25) is 0 Å². The summed E-state index contributed by atoms with van der Waals surface area (Å²) in [6, 6.07) is 0.748. The number of nitrogens with zero attached hydrogens (tertiary/aromatic N) is 2. The summed E-state index contributed by atoms with van der Waals surface area (Å²) in [5, 5.41) is 3.14. The lowest BCUT2D eigenvalue weighted by Gasteiger charge is -2.26. The van der Waals surface area contributed by atoms with Gasteiger partial charge in [0.15, 0.2) is 0 Å². The molecule has 0 aromatic carbocycles. The fraction of sp³-hybridized carbons (Fsp3) is 0.833. The summed E-state index contributed by atoms with van der Waals surface area (Å²) >= 11 is 0. The Kier molecular flexibility index (Phi) is 5.29. The average Bonchev–Trinajstić information content (AvgIpc) is 2.52. The molecule has 1 heterocycles. The maximum atomic E-state index is 4.06. The summed E-state index contributed by atoms with van der Waals surface area (Å²) in [5.74, 6) is 0. The second-order valence-corrected chi connectivity index (χ2v) is 4.75. The second kappa shape index (κ2) is 6.26. The first-order valence-corrected chi connectivity index (χ1v) is 5.83. The Hall–Kier alpha value is -0.380. The predicted octanol–water partition coefficient (Wildman–Crippen LogP) is 0.788. The lowest BCUT2D eigenvalue weighted by atomic mass is 10.2. The highest BCUT2D eigenvalue weighted by atomic mass is 15.2. The zero-order chi connectivity index (χ0) is 11.3. The smallest absolute Gasteiger partial charge is 0.0220 e. The Balaban J connectivity index is 2.22. The summed E-state index contributed by atoms with van der Waals surface area (Å²) in [5.41, 5.74) is 1.26. The van der Waals surface area contributed by atoms with Gasteiger partial charge in [0.25, 0.3) is 0 Å². The Morgan fingerprint density at radius 1 is 1.60 bits per heavy atom. The molecule has 3 heteroatoms. The second-order valence-electron chi connectivity index (χ2n) is 4.75. The summed E-state index contributed by atoms with van der Waals surface area (Å²) in [6.45, 7) is 8.41. The van der Waals surface area contributed by atoms with Crippen LogP contribution in [0.4, 0.5) is 0 Å². The SMILES string of the molecule is C=C(CNC)CN(C)CC1CCCN1C. The molecular weight excluding hydrogens is 186 g/mol. The van der Waals surface area contributed by atoms with E-state index in [1.807, 2.05) is 7.05 Å². The van der Waals surface area contributed by atoms with Crippen molar-refractivity contribution in [1.29, 1.82) is 0 Å². The van der Waals surface area contributed by atoms with Crippen LogP contribution in [0.2, 0.25) is 0 Å². The van der Waals surface area contributed by atoms with Crippen molar-refractivity contribution in [2.45, 2.75) is 18.9 Å². The van der Waals surface area contributed by atoms with Crippen LogP contribution in [0.15, 0.2) is 12.2 Å². The molecule has 88 valence electrons. The number of rotatable bonds is 6. The van der Waals surface area contributed by atoms with Gasteiger partial charge >= 0.3 is 0 Å². The largest absolute Gasteiger partial charge is 0.316 e. The van der Waals surface area contributed by atoms with Gasteiger partial charge in [-0.15, -0.1) is 0 Å². The van der Waals surface area contributed by atoms with Crippen molar-refractivity contribution in [2.24, 2.45) is 0 Å². The van der Waals surface area contributed by atoms with Gasteiger partial charge in [-0.2, -0.15) is 0 Å². The Morgan fingerprint density at radius 2 is 2.33 bits per heavy atom. The summed E-state index contributed by atoms with van der Waals surface area (Å²) in [7, 11) is 6.39. The van der Waals surface area contributed by atoms with Gasteiger partial charge in [0.05, 0.1) is 0 Å². The van der Waals surface area contributed by atoms with Crippen LogP contribution in [-0.2, 0) is 0 Å². The normalized spacial score (nSPS) is 22.5. The van der Waals surface area contributed by atoms with Crippen molar-refractivity contribution in [3.05, 3.63) is 12.2 Å². The van der Waals surface area contributed by atoms with Gasteiger partial charge in [0, 0.05) is 25.7 Å². The molecule has 0 aromatic heterocycles. The number of nitrogens with one attached hydrogen (secondary N) is 1. The molecule has 0 saturated carbocycles. The molecule has 0 amide bonds. The summed E-state index contributed by atoms with van der Waals surface area (Å²) in [6.07, 6.45) is 2.70. The minimum absolute atomic E-state index is 0.748. The van der Waals surface area contributed by atoms with E-state index >= 15 is 0 Å². The minimum Gasteiger partial charge on any atom is -0.316 e. The van der Waals surface area contributed by atoms with Crippen LogP contribution in [0.3, 0.4) is 0 Å². The van der Waals surface area contributed by atoms with Crippen LogP contribution in [0.1, 0.15) is 12.8 Å². The molecule has 1 rings (SSSR count). The lowest BCUT2D eigenvalue weighted by Crippen LogP contribution is -2.37. The molecule has 0 aromatic rings. The highest BCUT2D eigenvalue weighted by Gasteiger charge is 2.21. The molecule has 0 spiro atoms. The van der Waals surface area contributed by atoms with Crippen LogP contribution in [-0.4, -0.2) is 63.2 Å². The fourth-order valence-electron chi connectivity index (χ4n) is 2.32. The van der Waals surface area contributed by atoms with Crippen molar-refractivity contribution in [3.63, 3.8) is 0 Å². The van der Waals surface area contributed by atoms with Crippen molar-refractivity contribution < 1.29 is 0 Å². The van der Waals surface area contributed by atoms with Crippen LogP contribution >= 0.6 is 0 Å². The molecule has 1 atom stereocenters. The van der Waals surface area contributed by atoms with E-state index < -0.39 is 0 Å². The maximum absolute atomic E-state index is 4.06. The third kappa shape index (κ3) is 4.33. The molecule has 1 N–H and O–H groups in total. The number of hydrogen-bond donors (Lipinski definition) is 1. The van der Waals surface area contributed by atoms with E-state index in [-0.39, 0.29) is 0 Å². The Labute approximate surface area is 94.1 Å². The van der Waals surface area contributed by atoms with Gasteiger partial charge in [-0.25, -0.2) is 0 Å². The quantitative estimate of drug-likeness (QED) is 0.655. The van der Waals surface area contributed by atoms with Crippen LogP contribution in [0.5, 0.6) is 0 Å². The standard InChI is InChI=1S/C12H25N3/c1-11(8-13-2)9-14(3)10-12-6-5-7-15(12)4/h12-13H,1,5-10H2,2-4H3. The molecule has 0 bridgehead atoms. The maximum Gasteiger partial charge on any atom is 0.0220 e. The number of hydrogen-bond acceptors (Lipinski definition) is 3. The molecule has 1 saturated heterocycles. The first-order valence-electron chi connectivity index (χ1n) is 5.83. The third-order valence-corrected chi connectivity index (χ3v) is 3.11. The van der Waals surface area contributed by atoms with Gasteiger partial charge in [0.2, 0.25) is 0 Å². The molecule has 1 fully saturated rings. The van der Waals surface area contributed by atoms with Crippen molar-refractivity contribution in [2.75, 3.05) is 47.3 Å². The van der Waals surface area contributed by atoms with Gasteiger partial charge in [-0.1, -0.05) is 6.58 Å². The molecule has 0 radical (unpaired) electrons. The van der Waals surface area contributed by atoms with E-state index in [0.29, 0.717) is 0 Å². The molecule has 1 aliphatic heterocycles. The monoisotopic (exact) mass is 211 g/mol. The highest BCUT2D eigenvalue weighted by Crippen LogP contribution is 2.15. The average molecular weight is 211 g/mol. The summed E-state index contributed by atoms with van der Waals surface area (Å²) < 4.78 is 0. The Morgan fingerprint density at radius 3 is 2.87 bits per heavy atom. The van der Waals surface area contributed by atoms with Crippen LogP contribution in [0.25, 0.3) is 0 Å². The molecule has 0 aliphatic carbocycles. The number of likely N-dealkylation sites (N-methyl/N-ethyl adjacent to an activating group) is 3. The zero-order valence-electron chi connectivity index (χ0n) is 10.4. The molecule has 1 aliphatic rings. The van der Waals surface area contributed by atoms with E-state index in [9.17, 15) is 0 Å². The topological polar surface area (TPSA) is 18.5 Å².